The Morgan fingerprint density at radius 3 is 3.00 bits per heavy atom. The van der Waals surface area contributed by atoms with Gasteiger partial charge < -0.3 is 9.40 Å². The fourth-order valence-electron chi connectivity index (χ4n) is 1.76. The second-order valence-electron chi connectivity index (χ2n) is 3.35. The first kappa shape index (κ1) is 7.44. The minimum absolute atomic E-state index is 0.417. The van der Waals surface area contributed by atoms with E-state index in [-0.39, 0.29) is 0 Å². The van der Waals surface area contributed by atoms with E-state index in [1.807, 2.05) is 19.2 Å². The van der Waals surface area contributed by atoms with Gasteiger partial charge in [-0.05, 0) is 24.6 Å². The van der Waals surface area contributed by atoms with Crippen LogP contribution in [-0.2, 0) is 0 Å². The number of hydrogen-bond donors (Lipinski definition) is 2. The Hall–Kier alpha value is -1.97. The summed E-state index contributed by atoms with van der Waals surface area (Å²) in [6.07, 6.45) is 1.91. The highest BCUT2D eigenvalue weighted by atomic mass is 16.4. The number of nitrogens with one attached hydrogen (secondary N) is 2. The molecule has 1 aromatic carbocycles. The van der Waals surface area contributed by atoms with Gasteiger partial charge in [0.05, 0.1) is 5.52 Å². The Morgan fingerprint density at radius 2 is 2.14 bits per heavy atom. The van der Waals surface area contributed by atoms with E-state index in [9.17, 15) is 4.79 Å². The van der Waals surface area contributed by atoms with E-state index in [1.165, 1.54) is 0 Å². The lowest BCUT2D eigenvalue weighted by molar-refractivity contribution is 0.555. The number of fused-ring (bicyclic) bond motifs is 3. The molecule has 14 heavy (non-hydrogen) atoms. The average Bonchev–Trinajstić information content (AvgIpc) is 2.68. The lowest BCUT2D eigenvalue weighted by Gasteiger charge is -1.91. The molecule has 0 fully saturated rings. The van der Waals surface area contributed by atoms with E-state index in [0.717, 1.165) is 22.0 Å². The second kappa shape index (κ2) is 2.29. The molecule has 0 aliphatic rings. The van der Waals surface area contributed by atoms with Crippen LogP contribution in [0, 0.1) is 6.92 Å². The predicted molar refractivity (Wildman–Crippen MR) is 53.4 cm³/mol. The van der Waals surface area contributed by atoms with Crippen LogP contribution >= 0.6 is 0 Å². The molecule has 0 radical (unpaired) electrons. The number of benzene rings is 1. The largest absolute Gasteiger partial charge is 0.417 e. The van der Waals surface area contributed by atoms with Crippen LogP contribution in [0.15, 0.2) is 27.5 Å². The van der Waals surface area contributed by atoms with Crippen LogP contribution in [0.1, 0.15) is 5.56 Å². The van der Waals surface area contributed by atoms with Crippen LogP contribution in [0.2, 0.25) is 0 Å². The molecule has 0 unspecified atom stereocenters. The van der Waals surface area contributed by atoms with E-state index in [1.54, 1.807) is 6.07 Å². The van der Waals surface area contributed by atoms with E-state index in [4.69, 9.17) is 4.42 Å². The third-order valence-electron chi connectivity index (χ3n) is 2.45. The maximum absolute atomic E-state index is 11.0. The van der Waals surface area contributed by atoms with Crippen LogP contribution in [0.3, 0.4) is 0 Å². The zero-order valence-electron chi connectivity index (χ0n) is 7.55. The van der Waals surface area contributed by atoms with Crippen molar-refractivity contribution in [2.24, 2.45) is 0 Å². The number of aromatic amines is 2. The molecule has 2 N–H and O–H groups in total. The van der Waals surface area contributed by atoms with Crippen LogP contribution < -0.4 is 5.76 Å². The summed E-state index contributed by atoms with van der Waals surface area (Å²) in [4.78, 5) is 16.8. The molecule has 0 aliphatic carbocycles. The number of H-pyrrole nitrogens is 2. The molecule has 0 spiro atoms. The maximum atomic E-state index is 11.0. The lowest BCUT2D eigenvalue weighted by Crippen LogP contribution is -1.93. The molecule has 0 aliphatic heterocycles. The van der Waals surface area contributed by atoms with Crippen LogP contribution in [0.4, 0.5) is 0 Å². The summed E-state index contributed by atoms with van der Waals surface area (Å²) in [5.41, 5.74) is 3.40. The number of rotatable bonds is 0. The summed E-state index contributed by atoms with van der Waals surface area (Å²) in [5.74, 6) is -0.417. The van der Waals surface area contributed by atoms with Crippen LogP contribution in [0.5, 0.6) is 0 Å². The molecule has 3 aromatic rings. The molecule has 0 saturated carbocycles. The lowest BCUT2D eigenvalue weighted by atomic mass is 10.2. The third-order valence-corrected chi connectivity index (χ3v) is 2.45. The smallest absolute Gasteiger partial charge is 0.408 e. The van der Waals surface area contributed by atoms with Crippen molar-refractivity contribution in [3.05, 3.63) is 34.4 Å². The van der Waals surface area contributed by atoms with E-state index in [0.29, 0.717) is 5.58 Å². The zero-order valence-corrected chi connectivity index (χ0v) is 7.55. The van der Waals surface area contributed by atoms with E-state index in [2.05, 4.69) is 9.97 Å². The number of oxazole rings is 1. The minimum atomic E-state index is -0.417. The Bertz CT molecular complexity index is 672. The Morgan fingerprint density at radius 1 is 1.29 bits per heavy atom. The van der Waals surface area contributed by atoms with Gasteiger partial charge >= 0.3 is 5.76 Å². The van der Waals surface area contributed by atoms with Gasteiger partial charge in [-0.15, -0.1) is 0 Å². The van der Waals surface area contributed by atoms with Crippen molar-refractivity contribution in [3.63, 3.8) is 0 Å². The summed E-state index contributed by atoms with van der Waals surface area (Å²) >= 11 is 0. The summed E-state index contributed by atoms with van der Waals surface area (Å²) in [6.45, 7) is 2.02. The van der Waals surface area contributed by atoms with Gasteiger partial charge in [0.15, 0.2) is 5.58 Å². The normalized spacial score (nSPS) is 11.5. The quantitative estimate of drug-likeness (QED) is 0.566. The van der Waals surface area contributed by atoms with Gasteiger partial charge in [-0.1, -0.05) is 0 Å². The molecule has 2 heterocycles. The van der Waals surface area contributed by atoms with Crippen LogP contribution in [-0.4, -0.2) is 9.97 Å². The van der Waals surface area contributed by atoms with Gasteiger partial charge in [0.25, 0.3) is 0 Å². The molecule has 4 nitrogen and oxygen atoms in total. The molecular weight excluding hydrogens is 180 g/mol. The van der Waals surface area contributed by atoms with Gasteiger partial charge in [-0.3, -0.25) is 4.98 Å². The Balaban J connectivity index is 2.66. The highest BCUT2D eigenvalue weighted by Crippen LogP contribution is 2.24. The summed E-state index contributed by atoms with van der Waals surface area (Å²) in [5, 5.41) is 1.11. The molecule has 0 bridgehead atoms. The minimum Gasteiger partial charge on any atom is -0.408 e. The summed E-state index contributed by atoms with van der Waals surface area (Å²) in [7, 11) is 0. The first-order valence-electron chi connectivity index (χ1n) is 4.35. The SMILES string of the molecule is Cc1c[nH]c2c1ccc1oc(=O)[nH]c12. The van der Waals surface area contributed by atoms with E-state index >= 15 is 0 Å². The maximum Gasteiger partial charge on any atom is 0.417 e. The first-order valence-corrected chi connectivity index (χ1v) is 4.35. The van der Waals surface area contributed by atoms with Crippen molar-refractivity contribution >= 4 is 22.0 Å². The summed E-state index contributed by atoms with van der Waals surface area (Å²) < 4.78 is 4.95. The average molecular weight is 188 g/mol. The van der Waals surface area contributed by atoms with Crippen LogP contribution in [0.25, 0.3) is 22.0 Å². The number of aromatic nitrogens is 2. The third kappa shape index (κ3) is 0.797. The topological polar surface area (TPSA) is 61.8 Å². The number of hydrogen-bond acceptors (Lipinski definition) is 2. The van der Waals surface area contributed by atoms with E-state index < -0.39 is 5.76 Å². The van der Waals surface area contributed by atoms with Crippen molar-refractivity contribution in [1.29, 1.82) is 0 Å². The molecule has 0 atom stereocenters. The van der Waals surface area contributed by atoms with Crippen molar-refractivity contribution in [2.45, 2.75) is 6.92 Å². The van der Waals surface area contributed by atoms with Gasteiger partial charge in [0, 0.05) is 11.6 Å². The van der Waals surface area contributed by atoms with Gasteiger partial charge in [0.1, 0.15) is 5.52 Å². The molecule has 70 valence electrons. The predicted octanol–water partition coefficient (Wildman–Crippen LogP) is 1.91. The fourth-order valence-corrected chi connectivity index (χ4v) is 1.76. The number of aryl methyl sites for hydroxylation is 1. The molecule has 0 amide bonds. The van der Waals surface area contributed by atoms with Crippen molar-refractivity contribution in [1.82, 2.24) is 9.97 Å². The Kier molecular flexibility index (Phi) is 1.21. The van der Waals surface area contributed by atoms with Crippen molar-refractivity contribution in [3.8, 4) is 0 Å². The standard InChI is InChI=1S/C10H8N2O2/c1-5-4-11-8-6(5)2-3-7-9(8)12-10(13)14-7/h2-4,11H,1H3,(H,12,13). The summed E-state index contributed by atoms with van der Waals surface area (Å²) in [6, 6.07) is 3.75. The highest BCUT2D eigenvalue weighted by molar-refractivity contribution is 6.02. The van der Waals surface area contributed by atoms with Crippen molar-refractivity contribution < 1.29 is 4.42 Å². The highest BCUT2D eigenvalue weighted by Gasteiger charge is 2.07. The molecule has 0 saturated heterocycles. The van der Waals surface area contributed by atoms with Crippen molar-refractivity contribution in [2.75, 3.05) is 0 Å². The molecule has 4 heteroatoms. The molecule has 2 aromatic heterocycles. The van der Waals surface area contributed by atoms with Gasteiger partial charge in [-0.2, -0.15) is 0 Å². The first-order chi connectivity index (χ1) is 6.75. The molecule has 3 rings (SSSR count). The zero-order chi connectivity index (χ0) is 9.71. The fraction of sp³-hybridized carbons (Fsp3) is 0.100. The van der Waals surface area contributed by atoms with Gasteiger partial charge in [0.2, 0.25) is 0 Å². The second-order valence-corrected chi connectivity index (χ2v) is 3.35. The monoisotopic (exact) mass is 188 g/mol. The molecular formula is C10H8N2O2. The Labute approximate surface area is 78.5 Å². The van der Waals surface area contributed by atoms with Gasteiger partial charge in [-0.25, -0.2) is 4.79 Å².